The summed E-state index contributed by atoms with van der Waals surface area (Å²) in [7, 11) is 3.31. The summed E-state index contributed by atoms with van der Waals surface area (Å²) < 4.78 is 10.6. The second-order valence-corrected chi connectivity index (χ2v) is 5.53. The maximum absolute atomic E-state index is 9.77. The van der Waals surface area contributed by atoms with Gasteiger partial charge in [-0.1, -0.05) is 6.07 Å². The fraction of sp³-hybridized carbons (Fsp3) is 0.625. The van der Waals surface area contributed by atoms with E-state index in [4.69, 9.17) is 9.47 Å². The van der Waals surface area contributed by atoms with E-state index in [0.717, 1.165) is 43.9 Å². The zero-order chi connectivity index (χ0) is 14.5. The molecule has 0 radical (unpaired) electrons. The topological polar surface area (TPSA) is 41.9 Å². The molecule has 1 aromatic carbocycles. The molecule has 1 aliphatic heterocycles. The van der Waals surface area contributed by atoms with E-state index in [2.05, 4.69) is 17.9 Å². The number of aliphatic hydroxyl groups excluding tert-OH is 1. The van der Waals surface area contributed by atoms with Crippen LogP contribution in [0, 0.1) is 0 Å². The highest BCUT2D eigenvalue weighted by atomic mass is 16.5. The first-order valence-electron chi connectivity index (χ1n) is 7.27. The number of nitrogens with zero attached hydrogens (tertiary/aromatic N) is 1. The Morgan fingerprint density at radius 2 is 2.05 bits per heavy atom. The number of hydrogen-bond acceptors (Lipinski definition) is 4. The van der Waals surface area contributed by atoms with Gasteiger partial charge in [-0.2, -0.15) is 0 Å². The smallest absolute Gasteiger partial charge is 0.160 e. The molecule has 2 atom stereocenters. The second kappa shape index (κ2) is 6.95. The molecule has 0 saturated carbocycles. The number of rotatable bonds is 5. The number of aliphatic hydroxyl groups is 1. The van der Waals surface area contributed by atoms with Crippen LogP contribution in [0.3, 0.4) is 0 Å². The fourth-order valence-electron chi connectivity index (χ4n) is 2.86. The van der Waals surface area contributed by atoms with Gasteiger partial charge in [-0.3, -0.25) is 4.90 Å². The standard InChI is InChI=1S/C16H25NO3/c1-12(17-8-4-5-14(18)11-17)9-13-6-7-15(19-2)16(10-13)20-3/h6-7,10,12,14,18H,4-5,8-9,11H2,1-3H3. The quantitative estimate of drug-likeness (QED) is 0.896. The van der Waals surface area contributed by atoms with Gasteiger partial charge in [0.25, 0.3) is 0 Å². The van der Waals surface area contributed by atoms with E-state index >= 15 is 0 Å². The zero-order valence-corrected chi connectivity index (χ0v) is 12.6. The second-order valence-electron chi connectivity index (χ2n) is 5.53. The molecule has 1 aromatic rings. The van der Waals surface area contributed by atoms with Gasteiger partial charge in [-0.05, 0) is 50.4 Å². The Labute approximate surface area is 121 Å². The van der Waals surface area contributed by atoms with Crippen LogP contribution in [0.25, 0.3) is 0 Å². The number of benzene rings is 1. The van der Waals surface area contributed by atoms with Crippen molar-refractivity contribution in [2.24, 2.45) is 0 Å². The van der Waals surface area contributed by atoms with Gasteiger partial charge < -0.3 is 14.6 Å². The third kappa shape index (κ3) is 3.64. The van der Waals surface area contributed by atoms with Crippen LogP contribution < -0.4 is 9.47 Å². The first kappa shape index (κ1) is 15.1. The van der Waals surface area contributed by atoms with Crippen molar-refractivity contribution < 1.29 is 14.6 Å². The molecule has 2 unspecified atom stereocenters. The molecule has 0 aliphatic carbocycles. The summed E-state index contributed by atoms with van der Waals surface area (Å²) in [6, 6.07) is 6.49. The average molecular weight is 279 g/mol. The molecular formula is C16H25NO3. The molecule has 0 spiro atoms. The highest BCUT2D eigenvalue weighted by Crippen LogP contribution is 2.28. The van der Waals surface area contributed by atoms with E-state index in [1.165, 1.54) is 5.56 Å². The van der Waals surface area contributed by atoms with Crippen LogP contribution in [0.2, 0.25) is 0 Å². The SMILES string of the molecule is COc1ccc(CC(C)N2CCCC(O)C2)cc1OC. The Morgan fingerprint density at radius 3 is 2.70 bits per heavy atom. The van der Waals surface area contributed by atoms with Crippen LogP contribution >= 0.6 is 0 Å². The summed E-state index contributed by atoms with van der Waals surface area (Å²) >= 11 is 0. The van der Waals surface area contributed by atoms with Crippen LogP contribution in [0.15, 0.2) is 18.2 Å². The van der Waals surface area contributed by atoms with Gasteiger partial charge in [-0.25, -0.2) is 0 Å². The van der Waals surface area contributed by atoms with Gasteiger partial charge >= 0.3 is 0 Å². The lowest BCUT2D eigenvalue weighted by atomic mass is 10.0. The minimum atomic E-state index is -0.170. The minimum Gasteiger partial charge on any atom is -0.493 e. The predicted molar refractivity (Wildman–Crippen MR) is 79.5 cm³/mol. The maximum atomic E-state index is 9.77. The Balaban J connectivity index is 2.01. The number of ether oxygens (including phenoxy) is 2. The molecule has 0 amide bonds. The summed E-state index contributed by atoms with van der Waals surface area (Å²) in [5, 5.41) is 9.77. The molecule has 1 aliphatic rings. The maximum Gasteiger partial charge on any atom is 0.160 e. The lowest BCUT2D eigenvalue weighted by molar-refractivity contribution is 0.0506. The number of hydrogen-bond donors (Lipinski definition) is 1. The molecule has 0 aromatic heterocycles. The molecule has 1 saturated heterocycles. The average Bonchev–Trinajstić information content (AvgIpc) is 2.47. The third-order valence-corrected chi connectivity index (χ3v) is 4.03. The highest BCUT2D eigenvalue weighted by molar-refractivity contribution is 5.43. The zero-order valence-electron chi connectivity index (χ0n) is 12.6. The summed E-state index contributed by atoms with van der Waals surface area (Å²) in [4.78, 5) is 2.37. The molecule has 20 heavy (non-hydrogen) atoms. The predicted octanol–water partition coefficient (Wildman–Crippen LogP) is 2.09. The fourth-order valence-corrected chi connectivity index (χ4v) is 2.86. The van der Waals surface area contributed by atoms with Crippen LogP contribution in [0.1, 0.15) is 25.3 Å². The Bertz CT molecular complexity index is 436. The van der Waals surface area contributed by atoms with Crippen molar-refractivity contribution in [1.29, 1.82) is 0 Å². The van der Waals surface area contributed by atoms with E-state index in [0.29, 0.717) is 6.04 Å². The van der Waals surface area contributed by atoms with E-state index < -0.39 is 0 Å². The molecule has 4 nitrogen and oxygen atoms in total. The van der Waals surface area contributed by atoms with Crippen molar-refractivity contribution >= 4 is 0 Å². The molecule has 1 fully saturated rings. The van der Waals surface area contributed by atoms with Gasteiger partial charge in [0, 0.05) is 12.6 Å². The molecular weight excluding hydrogens is 254 g/mol. The van der Waals surface area contributed by atoms with Crippen LogP contribution in [0.5, 0.6) is 11.5 Å². The van der Waals surface area contributed by atoms with Gasteiger partial charge in [0.1, 0.15) is 0 Å². The summed E-state index contributed by atoms with van der Waals surface area (Å²) in [6.07, 6.45) is 2.79. The van der Waals surface area contributed by atoms with Crippen molar-refractivity contribution in [3.05, 3.63) is 23.8 Å². The van der Waals surface area contributed by atoms with Crippen molar-refractivity contribution in [1.82, 2.24) is 4.90 Å². The third-order valence-electron chi connectivity index (χ3n) is 4.03. The van der Waals surface area contributed by atoms with Gasteiger partial charge in [0.15, 0.2) is 11.5 Å². The summed E-state index contributed by atoms with van der Waals surface area (Å²) in [5.41, 5.74) is 1.23. The molecule has 112 valence electrons. The summed E-state index contributed by atoms with van der Waals surface area (Å²) in [5.74, 6) is 1.54. The lowest BCUT2D eigenvalue weighted by Gasteiger charge is -2.35. The first-order chi connectivity index (χ1) is 9.63. The molecule has 2 rings (SSSR count). The van der Waals surface area contributed by atoms with Crippen molar-refractivity contribution in [3.8, 4) is 11.5 Å². The van der Waals surface area contributed by atoms with E-state index in [1.807, 2.05) is 12.1 Å². The van der Waals surface area contributed by atoms with Crippen molar-refractivity contribution in [2.75, 3.05) is 27.3 Å². The highest BCUT2D eigenvalue weighted by Gasteiger charge is 2.22. The molecule has 1 heterocycles. The van der Waals surface area contributed by atoms with E-state index in [1.54, 1.807) is 14.2 Å². The Morgan fingerprint density at radius 1 is 1.30 bits per heavy atom. The van der Waals surface area contributed by atoms with E-state index in [-0.39, 0.29) is 6.10 Å². The Hall–Kier alpha value is -1.26. The largest absolute Gasteiger partial charge is 0.493 e. The van der Waals surface area contributed by atoms with Crippen LogP contribution in [0.4, 0.5) is 0 Å². The number of β-amino-alcohol motifs (C(OH)–C–C–N with tert-alkyl or cyclic N) is 1. The van der Waals surface area contributed by atoms with Crippen molar-refractivity contribution in [2.45, 2.75) is 38.3 Å². The normalized spacial score (nSPS) is 21.5. The Kier molecular flexibility index (Phi) is 5.26. The van der Waals surface area contributed by atoms with Gasteiger partial charge in [-0.15, -0.1) is 0 Å². The number of piperidine rings is 1. The van der Waals surface area contributed by atoms with Crippen LogP contribution in [-0.4, -0.2) is 49.5 Å². The number of likely N-dealkylation sites (tertiary alicyclic amines) is 1. The first-order valence-corrected chi connectivity index (χ1v) is 7.27. The van der Waals surface area contributed by atoms with E-state index in [9.17, 15) is 5.11 Å². The van der Waals surface area contributed by atoms with Crippen molar-refractivity contribution in [3.63, 3.8) is 0 Å². The van der Waals surface area contributed by atoms with Crippen LogP contribution in [-0.2, 0) is 6.42 Å². The molecule has 0 bridgehead atoms. The van der Waals surface area contributed by atoms with Gasteiger partial charge in [0.05, 0.1) is 20.3 Å². The minimum absolute atomic E-state index is 0.170. The monoisotopic (exact) mass is 279 g/mol. The molecule has 4 heteroatoms. The summed E-state index contributed by atoms with van der Waals surface area (Å²) in [6.45, 7) is 4.08. The van der Waals surface area contributed by atoms with Gasteiger partial charge in [0.2, 0.25) is 0 Å². The molecule has 1 N–H and O–H groups in total. The lowest BCUT2D eigenvalue weighted by Crippen LogP contribution is -2.44. The number of methoxy groups -OCH3 is 2.